The normalized spacial score (nSPS) is 9.47. The van der Waals surface area contributed by atoms with Gasteiger partial charge in [0.1, 0.15) is 6.61 Å². The number of azide groups is 1. The second kappa shape index (κ2) is 7.51. The van der Waals surface area contributed by atoms with Gasteiger partial charge in [-0.1, -0.05) is 35.4 Å². The number of nitrogens with zero attached hydrogens (tertiary/aromatic N) is 4. The van der Waals surface area contributed by atoms with Gasteiger partial charge < -0.3 is 0 Å². The Morgan fingerprint density at radius 3 is 2.76 bits per heavy atom. The van der Waals surface area contributed by atoms with Crippen molar-refractivity contribution in [2.45, 2.75) is 6.61 Å². The van der Waals surface area contributed by atoms with Crippen LogP contribution >= 0.6 is 11.6 Å². The van der Waals surface area contributed by atoms with Crippen molar-refractivity contribution in [1.82, 2.24) is 5.06 Å². The lowest BCUT2D eigenvalue weighted by atomic mass is 10.2. The number of hydrogen-bond donors (Lipinski definition) is 0. The molecule has 0 bridgehead atoms. The number of carbonyl (C=O) groups excluding carboxylic acids is 1. The van der Waals surface area contributed by atoms with Crippen LogP contribution in [0.25, 0.3) is 10.4 Å². The SMILES string of the molecule is [N-]=[N+]=NCCN(OCc1ccccc1)C(=O)Cl. The number of hydrogen-bond acceptors (Lipinski definition) is 3. The summed E-state index contributed by atoms with van der Waals surface area (Å²) < 4.78 is 0. The molecule has 6 nitrogen and oxygen atoms in total. The van der Waals surface area contributed by atoms with Gasteiger partial charge in [0.05, 0.1) is 6.54 Å². The van der Waals surface area contributed by atoms with Gasteiger partial charge in [0.15, 0.2) is 0 Å². The predicted molar refractivity (Wildman–Crippen MR) is 63.2 cm³/mol. The number of hydroxylamine groups is 2. The van der Waals surface area contributed by atoms with Gasteiger partial charge in [-0.05, 0) is 22.7 Å². The maximum absolute atomic E-state index is 11.0. The van der Waals surface area contributed by atoms with Gasteiger partial charge in [0.25, 0.3) is 0 Å². The summed E-state index contributed by atoms with van der Waals surface area (Å²) in [5.41, 5.74) is 9.02. The monoisotopic (exact) mass is 254 g/mol. The molecule has 7 heteroatoms. The molecule has 0 saturated carbocycles. The first kappa shape index (κ1) is 13.3. The lowest BCUT2D eigenvalue weighted by molar-refractivity contribution is -0.118. The largest absolute Gasteiger partial charge is 0.340 e. The van der Waals surface area contributed by atoms with Crippen molar-refractivity contribution < 1.29 is 9.63 Å². The van der Waals surface area contributed by atoms with Crippen molar-refractivity contribution >= 4 is 17.0 Å². The summed E-state index contributed by atoms with van der Waals surface area (Å²) in [6.07, 6.45) is 0. The Hall–Kier alpha value is -1.75. The topological polar surface area (TPSA) is 78.3 Å². The molecule has 0 unspecified atom stereocenters. The highest BCUT2D eigenvalue weighted by atomic mass is 35.5. The third kappa shape index (κ3) is 5.21. The Labute approximate surface area is 103 Å². The highest BCUT2D eigenvalue weighted by Gasteiger charge is 2.10. The van der Waals surface area contributed by atoms with E-state index in [1.54, 1.807) is 0 Å². The molecule has 0 N–H and O–H groups in total. The third-order valence-corrected chi connectivity index (χ3v) is 2.08. The standard InChI is InChI=1S/C10H11ClN4O2/c11-10(16)15(7-6-13-14-12)17-8-9-4-2-1-3-5-9/h1-5H,6-8H2. The molecule has 0 radical (unpaired) electrons. The number of carbonyl (C=O) groups is 1. The van der Waals surface area contributed by atoms with Crippen LogP contribution < -0.4 is 0 Å². The molecule has 1 aromatic carbocycles. The molecule has 0 saturated heterocycles. The van der Waals surface area contributed by atoms with Crippen molar-refractivity contribution in [2.24, 2.45) is 5.11 Å². The highest BCUT2D eigenvalue weighted by Crippen LogP contribution is 2.05. The molecule has 0 aliphatic carbocycles. The molecule has 1 aromatic rings. The van der Waals surface area contributed by atoms with Crippen molar-refractivity contribution in [2.75, 3.05) is 13.1 Å². The molecule has 0 fully saturated rings. The molecule has 90 valence electrons. The minimum absolute atomic E-state index is 0.115. The Morgan fingerprint density at radius 1 is 1.47 bits per heavy atom. The fourth-order valence-corrected chi connectivity index (χ4v) is 1.24. The average Bonchev–Trinajstić information content (AvgIpc) is 2.34. The van der Waals surface area contributed by atoms with Crippen molar-refractivity contribution in [3.05, 3.63) is 46.3 Å². The molecule has 0 aromatic heterocycles. The Balaban J connectivity index is 2.44. The van der Waals surface area contributed by atoms with Crippen LogP contribution in [0.2, 0.25) is 0 Å². The van der Waals surface area contributed by atoms with Gasteiger partial charge in [-0.2, -0.15) is 0 Å². The van der Waals surface area contributed by atoms with Crippen LogP contribution in [0.15, 0.2) is 35.4 Å². The van der Waals surface area contributed by atoms with Crippen molar-refractivity contribution in [1.29, 1.82) is 0 Å². The minimum Gasteiger partial charge on any atom is -0.265 e. The summed E-state index contributed by atoms with van der Waals surface area (Å²) in [5.74, 6) is 0. The van der Waals surface area contributed by atoms with E-state index in [4.69, 9.17) is 22.0 Å². The number of rotatable bonds is 6. The number of amides is 1. The maximum Gasteiger partial charge on any atom is 0.340 e. The molecule has 17 heavy (non-hydrogen) atoms. The Kier molecular flexibility index (Phi) is 5.88. The van der Waals surface area contributed by atoms with Crippen molar-refractivity contribution in [3.8, 4) is 0 Å². The Morgan fingerprint density at radius 2 is 2.18 bits per heavy atom. The molecule has 0 aliphatic rings. The summed E-state index contributed by atoms with van der Waals surface area (Å²) in [4.78, 5) is 18.8. The number of benzene rings is 1. The summed E-state index contributed by atoms with van der Waals surface area (Å²) in [5, 5.41) is 3.52. The third-order valence-electron chi connectivity index (χ3n) is 1.89. The smallest absolute Gasteiger partial charge is 0.265 e. The highest BCUT2D eigenvalue weighted by molar-refractivity contribution is 6.62. The van der Waals surface area contributed by atoms with Gasteiger partial charge in [-0.25, -0.2) is 5.06 Å². The second-order valence-corrected chi connectivity index (χ2v) is 3.39. The first-order valence-corrected chi connectivity index (χ1v) is 5.26. The van der Waals surface area contributed by atoms with E-state index in [0.29, 0.717) is 0 Å². The van der Waals surface area contributed by atoms with E-state index in [1.807, 2.05) is 30.3 Å². The quantitative estimate of drug-likeness (QED) is 0.195. The summed E-state index contributed by atoms with van der Waals surface area (Å²) in [6.45, 7) is 0.471. The molecule has 1 rings (SSSR count). The van der Waals surface area contributed by atoms with E-state index in [9.17, 15) is 4.79 Å². The van der Waals surface area contributed by atoms with Crippen LogP contribution in [0.3, 0.4) is 0 Å². The van der Waals surface area contributed by atoms with Crippen molar-refractivity contribution in [3.63, 3.8) is 0 Å². The molecular formula is C10H11ClN4O2. The lowest BCUT2D eigenvalue weighted by Crippen LogP contribution is -2.28. The molecule has 1 amide bonds. The molecule has 0 heterocycles. The van der Waals surface area contributed by atoms with Gasteiger partial charge in [0.2, 0.25) is 0 Å². The minimum atomic E-state index is -0.742. The summed E-state index contributed by atoms with van der Waals surface area (Å²) in [6, 6.07) is 9.35. The van der Waals surface area contributed by atoms with E-state index in [1.165, 1.54) is 0 Å². The van der Waals surface area contributed by atoms with Crippen LogP contribution in [-0.2, 0) is 11.4 Å². The van der Waals surface area contributed by atoms with E-state index >= 15 is 0 Å². The first-order valence-electron chi connectivity index (χ1n) is 4.88. The van der Waals surface area contributed by atoms with Crippen LogP contribution in [0.1, 0.15) is 5.56 Å². The van der Waals surface area contributed by atoms with E-state index in [-0.39, 0.29) is 19.7 Å². The summed E-state index contributed by atoms with van der Waals surface area (Å²) in [7, 11) is 0. The zero-order valence-corrected chi connectivity index (χ0v) is 9.75. The van der Waals surface area contributed by atoms with E-state index in [0.717, 1.165) is 10.6 Å². The predicted octanol–water partition coefficient (Wildman–Crippen LogP) is 3.09. The Bertz CT molecular complexity index is 406. The second-order valence-electron chi connectivity index (χ2n) is 3.07. The molecular weight excluding hydrogens is 244 g/mol. The fourth-order valence-electron chi connectivity index (χ4n) is 1.11. The lowest BCUT2D eigenvalue weighted by Gasteiger charge is -2.17. The van der Waals surface area contributed by atoms with Gasteiger partial charge >= 0.3 is 5.37 Å². The van der Waals surface area contributed by atoms with Gasteiger partial charge in [0, 0.05) is 11.5 Å². The van der Waals surface area contributed by atoms with E-state index < -0.39 is 5.37 Å². The zero-order valence-electron chi connectivity index (χ0n) is 8.99. The summed E-state index contributed by atoms with van der Waals surface area (Å²) >= 11 is 5.32. The average molecular weight is 255 g/mol. The molecule has 0 atom stereocenters. The molecule has 0 spiro atoms. The van der Waals surface area contributed by atoms with E-state index in [2.05, 4.69) is 10.0 Å². The number of halogens is 1. The zero-order chi connectivity index (χ0) is 12.5. The maximum atomic E-state index is 11.0. The van der Waals surface area contributed by atoms with Crippen LogP contribution in [0.5, 0.6) is 0 Å². The first-order chi connectivity index (χ1) is 8.24. The van der Waals surface area contributed by atoms with Crippen LogP contribution in [0, 0.1) is 0 Å². The van der Waals surface area contributed by atoms with Gasteiger partial charge in [-0.3, -0.25) is 9.63 Å². The van der Waals surface area contributed by atoms with Crippen LogP contribution in [-0.4, -0.2) is 23.5 Å². The van der Waals surface area contributed by atoms with Crippen LogP contribution in [0.4, 0.5) is 4.79 Å². The fraction of sp³-hybridized carbons (Fsp3) is 0.300. The molecule has 0 aliphatic heterocycles. The van der Waals surface area contributed by atoms with Gasteiger partial charge in [-0.15, -0.1) is 0 Å².